The van der Waals surface area contributed by atoms with E-state index in [1.807, 2.05) is 0 Å². The highest BCUT2D eigenvalue weighted by Gasteiger charge is 2.53. The Morgan fingerprint density at radius 1 is 0.706 bits per heavy atom. The van der Waals surface area contributed by atoms with Crippen LogP contribution in [0.4, 0.5) is 0 Å². The minimum atomic E-state index is -2.61. The lowest BCUT2D eigenvalue weighted by Gasteiger charge is -2.43. The molecule has 6 nitrogen and oxygen atoms in total. The zero-order chi connectivity index (χ0) is 37.3. The van der Waals surface area contributed by atoms with Crippen molar-refractivity contribution in [3.8, 4) is 0 Å². The standard InChI is InChI=1S/C42H72O6Si3/c1-11-49(12-2,13-3)47-34(24-23-29-44-51(42(8,9)10,35-25-19-17-20-26-35)36-27-21-18-22-28-36)31-38(48-50(14-4,15-5)16-6)41-37(45-41)30-33(7)40-39(32-43)46-40/h17-22,25-28,33-34,37-41,43H,11-16,23-24,29-32H2,1-10H3. The van der Waals surface area contributed by atoms with Crippen molar-refractivity contribution in [1.29, 1.82) is 0 Å². The predicted octanol–water partition coefficient (Wildman–Crippen LogP) is 9.07. The number of aliphatic hydroxyl groups is 1. The number of aliphatic hydroxyl groups excluding tert-OH is 1. The summed E-state index contributed by atoms with van der Waals surface area (Å²) < 4.78 is 34.4. The third kappa shape index (κ3) is 10.3. The van der Waals surface area contributed by atoms with Crippen molar-refractivity contribution in [2.45, 2.75) is 173 Å². The Labute approximate surface area is 314 Å². The number of hydrogen-bond donors (Lipinski definition) is 1. The van der Waals surface area contributed by atoms with Gasteiger partial charge in [0, 0.05) is 12.7 Å². The molecule has 2 aliphatic heterocycles. The molecule has 0 bridgehead atoms. The maximum atomic E-state index is 9.58. The molecule has 2 aliphatic rings. The molecule has 4 rings (SSSR count). The summed E-state index contributed by atoms with van der Waals surface area (Å²) in [6, 6.07) is 28.7. The van der Waals surface area contributed by atoms with E-state index in [2.05, 4.69) is 130 Å². The fraction of sp³-hybridized carbons (Fsp3) is 0.714. The lowest BCUT2D eigenvalue weighted by Crippen LogP contribution is -2.66. The Morgan fingerprint density at radius 3 is 1.65 bits per heavy atom. The molecule has 51 heavy (non-hydrogen) atoms. The highest BCUT2D eigenvalue weighted by Crippen LogP contribution is 2.42. The van der Waals surface area contributed by atoms with Gasteiger partial charge < -0.3 is 27.9 Å². The molecule has 0 saturated carbocycles. The second-order valence-electron chi connectivity index (χ2n) is 16.4. The molecule has 7 unspecified atom stereocenters. The molecule has 7 atom stereocenters. The largest absolute Gasteiger partial charge is 0.414 e. The number of benzene rings is 2. The number of hydrogen-bond acceptors (Lipinski definition) is 6. The van der Waals surface area contributed by atoms with Gasteiger partial charge in [-0.3, -0.25) is 0 Å². The summed E-state index contributed by atoms with van der Waals surface area (Å²) in [5.41, 5.74) is 0. The van der Waals surface area contributed by atoms with Crippen LogP contribution in [0.25, 0.3) is 0 Å². The fourth-order valence-electron chi connectivity index (χ4n) is 8.68. The molecule has 2 aromatic rings. The first-order chi connectivity index (χ1) is 24.4. The van der Waals surface area contributed by atoms with E-state index in [-0.39, 0.29) is 48.3 Å². The van der Waals surface area contributed by atoms with Crippen molar-refractivity contribution in [2.75, 3.05) is 13.2 Å². The van der Waals surface area contributed by atoms with Crippen LogP contribution in [0.1, 0.15) is 94.9 Å². The zero-order valence-electron chi connectivity index (χ0n) is 33.8. The first kappa shape index (κ1) is 42.6. The van der Waals surface area contributed by atoms with Crippen molar-refractivity contribution < 1.29 is 27.9 Å². The summed E-state index contributed by atoms with van der Waals surface area (Å²) in [5, 5.41) is 12.2. The van der Waals surface area contributed by atoms with Gasteiger partial charge in [-0.05, 0) is 83.3 Å². The first-order valence-electron chi connectivity index (χ1n) is 20.4. The van der Waals surface area contributed by atoms with Gasteiger partial charge in [0.25, 0.3) is 8.32 Å². The van der Waals surface area contributed by atoms with Crippen LogP contribution in [-0.4, -0.2) is 79.9 Å². The van der Waals surface area contributed by atoms with Gasteiger partial charge >= 0.3 is 0 Å². The van der Waals surface area contributed by atoms with E-state index in [4.69, 9.17) is 22.8 Å². The van der Waals surface area contributed by atoms with Gasteiger partial charge in [-0.2, -0.15) is 0 Å². The Balaban J connectivity index is 1.57. The van der Waals surface area contributed by atoms with Crippen LogP contribution in [0, 0.1) is 5.92 Å². The fourth-order valence-corrected chi connectivity index (χ4v) is 19.1. The van der Waals surface area contributed by atoms with E-state index in [9.17, 15) is 5.11 Å². The van der Waals surface area contributed by atoms with Crippen LogP contribution in [0.2, 0.25) is 41.3 Å². The molecule has 2 heterocycles. The van der Waals surface area contributed by atoms with Crippen LogP contribution < -0.4 is 10.4 Å². The Morgan fingerprint density at radius 2 is 1.20 bits per heavy atom. The molecule has 0 radical (unpaired) electrons. The molecule has 288 valence electrons. The molecule has 1 N–H and O–H groups in total. The lowest BCUT2D eigenvalue weighted by atomic mass is 9.96. The van der Waals surface area contributed by atoms with Crippen molar-refractivity contribution in [2.24, 2.45) is 5.92 Å². The predicted molar refractivity (Wildman–Crippen MR) is 220 cm³/mol. The Bertz CT molecular complexity index is 1230. The average molecular weight is 757 g/mol. The molecule has 0 aromatic heterocycles. The molecular weight excluding hydrogens is 685 g/mol. The normalized spacial score (nSPS) is 22.8. The SMILES string of the molecule is CC[Si](CC)(CC)OC(CCCO[Si](c1ccccc1)(c1ccccc1)C(C)(C)C)CC(O[Si](CC)(CC)CC)C1OC1CC(C)C1OC1CO. The molecule has 9 heteroatoms. The summed E-state index contributed by atoms with van der Waals surface area (Å²) in [5.74, 6) is 0.356. The van der Waals surface area contributed by atoms with Gasteiger partial charge in [0.1, 0.15) is 12.2 Å². The van der Waals surface area contributed by atoms with Crippen LogP contribution in [0.5, 0.6) is 0 Å². The van der Waals surface area contributed by atoms with Crippen molar-refractivity contribution in [1.82, 2.24) is 0 Å². The quantitative estimate of drug-likeness (QED) is 0.0655. The van der Waals surface area contributed by atoms with Gasteiger partial charge in [0.05, 0.1) is 24.9 Å². The van der Waals surface area contributed by atoms with E-state index < -0.39 is 25.0 Å². The Hall–Kier alpha value is -1.15. The van der Waals surface area contributed by atoms with Crippen LogP contribution in [0.3, 0.4) is 0 Å². The van der Waals surface area contributed by atoms with E-state index in [0.717, 1.165) is 61.9 Å². The number of rotatable bonds is 24. The summed E-state index contributed by atoms with van der Waals surface area (Å²) in [6.07, 6.45) is 4.25. The van der Waals surface area contributed by atoms with Gasteiger partial charge in [0.15, 0.2) is 16.6 Å². The van der Waals surface area contributed by atoms with Gasteiger partial charge in [0.2, 0.25) is 0 Å². The third-order valence-corrected chi connectivity index (χ3v) is 27.0. The smallest absolute Gasteiger partial charge is 0.261 e. The lowest BCUT2D eigenvalue weighted by molar-refractivity contribution is 0.0696. The maximum absolute atomic E-state index is 9.58. The van der Waals surface area contributed by atoms with Crippen molar-refractivity contribution in [3.05, 3.63) is 60.7 Å². The highest BCUT2D eigenvalue weighted by atomic mass is 28.4. The topological polar surface area (TPSA) is 73.0 Å². The van der Waals surface area contributed by atoms with E-state index in [0.29, 0.717) is 12.5 Å². The van der Waals surface area contributed by atoms with Gasteiger partial charge in [-0.1, -0.05) is 130 Å². The number of ether oxygens (including phenoxy) is 2. The minimum absolute atomic E-state index is 0.0105. The molecule has 0 amide bonds. The van der Waals surface area contributed by atoms with Crippen LogP contribution in [0.15, 0.2) is 60.7 Å². The molecule has 2 aromatic carbocycles. The molecule has 0 aliphatic carbocycles. The Kier molecular flexibility index (Phi) is 15.8. The molecular formula is C42H72O6Si3. The second-order valence-corrected chi connectivity index (χ2v) is 30.2. The maximum Gasteiger partial charge on any atom is 0.261 e. The summed E-state index contributed by atoms with van der Waals surface area (Å²) in [4.78, 5) is 0. The van der Waals surface area contributed by atoms with Gasteiger partial charge in [-0.25, -0.2) is 0 Å². The van der Waals surface area contributed by atoms with Gasteiger partial charge in [-0.15, -0.1) is 0 Å². The van der Waals surface area contributed by atoms with Crippen LogP contribution >= 0.6 is 0 Å². The van der Waals surface area contributed by atoms with E-state index >= 15 is 0 Å². The first-order valence-corrected chi connectivity index (χ1v) is 27.4. The zero-order valence-corrected chi connectivity index (χ0v) is 36.8. The molecule has 2 fully saturated rings. The third-order valence-electron chi connectivity index (χ3n) is 12.5. The number of epoxide rings is 2. The molecule has 0 spiro atoms. The second kappa shape index (κ2) is 18.9. The van der Waals surface area contributed by atoms with E-state index in [1.165, 1.54) is 10.4 Å². The monoisotopic (exact) mass is 756 g/mol. The average Bonchev–Trinajstić information content (AvgIpc) is 4.09. The summed E-state index contributed by atoms with van der Waals surface area (Å²) in [7, 11) is -6.42. The molecule has 2 saturated heterocycles. The minimum Gasteiger partial charge on any atom is -0.414 e. The van der Waals surface area contributed by atoms with Crippen LogP contribution in [-0.2, 0) is 22.8 Å². The van der Waals surface area contributed by atoms with Crippen molar-refractivity contribution in [3.63, 3.8) is 0 Å². The van der Waals surface area contributed by atoms with Crippen molar-refractivity contribution >= 4 is 35.3 Å². The summed E-state index contributed by atoms with van der Waals surface area (Å²) >= 11 is 0. The summed E-state index contributed by atoms with van der Waals surface area (Å²) in [6.45, 7) is 24.1. The van der Waals surface area contributed by atoms with E-state index in [1.54, 1.807) is 0 Å². The highest BCUT2D eigenvalue weighted by molar-refractivity contribution is 6.99.